The third kappa shape index (κ3) is 4.39. The fourth-order valence-corrected chi connectivity index (χ4v) is 4.87. The standard InChI is InChI=1S/C24H19BrN2O5S/c1-14-5-7-15(8-6-14)22(28)20-21(16-3-2-4-17(25)13-16)27(24(30)23(20)29)18-9-11-19(12-10-18)33(26,31)32/h2-13,20-21H,1H3,(H2,26,31,32). The molecule has 0 aliphatic carbocycles. The van der Waals surface area contributed by atoms with Crippen molar-refractivity contribution in [3.05, 3.63) is 94.0 Å². The molecule has 2 atom stereocenters. The number of primary sulfonamides is 1. The minimum atomic E-state index is -3.93. The van der Waals surface area contributed by atoms with Gasteiger partial charge < -0.3 is 0 Å². The molecule has 0 aromatic heterocycles. The Morgan fingerprint density at radius 3 is 2.18 bits per heavy atom. The van der Waals surface area contributed by atoms with Gasteiger partial charge in [0.1, 0.15) is 5.92 Å². The number of hydrogen-bond donors (Lipinski definition) is 1. The van der Waals surface area contributed by atoms with E-state index in [0.717, 1.165) is 10.0 Å². The molecule has 3 aromatic carbocycles. The van der Waals surface area contributed by atoms with E-state index >= 15 is 0 Å². The Morgan fingerprint density at radius 2 is 1.61 bits per heavy atom. The van der Waals surface area contributed by atoms with Crippen molar-refractivity contribution in [2.45, 2.75) is 17.9 Å². The van der Waals surface area contributed by atoms with Gasteiger partial charge in [-0.2, -0.15) is 0 Å². The van der Waals surface area contributed by atoms with Gasteiger partial charge >= 0.3 is 0 Å². The number of hydrogen-bond acceptors (Lipinski definition) is 5. The Hall–Kier alpha value is -3.14. The van der Waals surface area contributed by atoms with Gasteiger partial charge in [-0.1, -0.05) is 57.9 Å². The van der Waals surface area contributed by atoms with Gasteiger partial charge in [0, 0.05) is 15.7 Å². The second kappa shape index (κ2) is 8.66. The molecule has 0 saturated carbocycles. The number of anilines is 1. The van der Waals surface area contributed by atoms with E-state index in [1.165, 1.54) is 29.2 Å². The van der Waals surface area contributed by atoms with Crippen LogP contribution in [0, 0.1) is 12.8 Å². The smallest absolute Gasteiger partial charge is 0.295 e. The maximum atomic E-state index is 13.4. The fraction of sp³-hybridized carbons (Fsp3) is 0.125. The lowest BCUT2D eigenvalue weighted by Gasteiger charge is -2.27. The van der Waals surface area contributed by atoms with Crippen molar-refractivity contribution in [1.82, 2.24) is 0 Å². The number of Topliss-reactive ketones (excluding diaryl/α,β-unsaturated/α-hetero) is 2. The van der Waals surface area contributed by atoms with Crippen LogP contribution >= 0.6 is 15.9 Å². The summed E-state index contributed by atoms with van der Waals surface area (Å²) in [6.45, 7) is 1.88. The van der Waals surface area contributed by atoms with Crippen LogP contribution in [-0.4, -0.2) is 25.9 Å². The average Bonchev–Trinajstić information content (AvgIpc) is 3.04. The third-order valence-corrected chi connectivity index (χ3v) is 6.98. The quantitative estimate of drug-likeness (QED) is 0.310. The molecule has 1 aliphatic heterocycles. The lowest BCUT2D eigenvalue weighted by molar-refractivity contribution is -0.135. The molecule has 2 N–H and O–H groups in total. The number of sulfonamides is 1. The molecule has 0 radical (unpaired) electrons. The monoisotopic (exact) mass is 526 g/mol. The first kappa shape index (κ1) is 23.0. The average molecular weight is 527 g/mol. The zero-order valence-electron chi connectivity index (χ0n) is 17.4. The van der Waals surface area contributed by atoms with Gasteiger partial charge in [0.05, 0.1) is 10.9 Å². The van der Waals surface area contributed by atoms with Crippen LogP contribution in [0.3, 0.4) is 0 Å². The molecule has 0 spiro atoms. The van der Waals surface area contributed by atoms with Gasteiger partial charge in [-0.25, -0.2) is 13.6 Å². The highest BCUT2D eigenvalue weighted by Crippen LogP contribution is 2.42. The van der Waals surface area contributed by atoms with Gasteiger partial charge in [0.15, 0.2) is 5.78 Å². The van der Waals surface area contributed by atoms with Gasteiger partial charge in [-0.15, -0.1) is 0 Å². The molecular formula is C24H19BrN2O5S. The first-order chi connectivity index (χ1) is 15.6. The second-order valence-corrected chi connectivity index (χ2v) is 10.3. The Kier molecular flexibility index (Phi) is 6.04. The van der Waals surface area contributed by atoms with Crippen molar-refractivity contribution < 1.29 is 22.8 Å². The van der Waals surface area contributed by atoms with Crippen molar-refractivity contribution in [3.63, 3.8) is 0 Å². The second-order valence-electron chi connectivity index (χ2n) is 7.79. The minimum absolute atomic E-state index is 0.129. The van der Waals surface area contributed by atoms with Crippen molar-refractivity contribution in [2.75, 3.05) is 4.90 Å². The van der Waals surface area contributed by atoms with Crippen LogP contribution in [0.2, 0.25) is 0 Å². The molecular weight excluding hydrogens is 508 g/mol. The Balaban J connectivity index is 1.85. The van der Waals surface area contributed by atoms with E-state index in [-0.39, 0.29) is 10.6 Å². The maximum absolute atomic E-state index is 13.4. The van der Waals surface area contributed by atoms with E-state index in [4.69, 9.17) is 5.14 Å². The van der Waals surface area contributed by atoms with Crippen LogP contribution in [0.4, 0.5) is 5.69 Å². The van der Waals surface area contributed by atoms with Crippen LogP contribution in [-0.2, 0) is 19.6 Å². The number of amides is 1. The highest BCUT2D eigenvalue weighted by molar-refractivity contribution is 9.10. The normalized spacial score (nSPS) is 18.6. The Morgan fingerprint density at radius 1 is 0.970 bits per heavy atom. The summed E-state index contributed by atoms with van der Waals surface area (Å²) in [5.74, 6) is -3.37. The number of nitrogens with zero attached hydrogens (tertiary/aromatic N) is 1. The zero-order chi connectivity index (χ0) is 23.9. The van der Waals surface area contributed by atoms with Gasteiger partial charge in [0.2, 0.25) is 15.8 Å². The third-order valence-electron chi connectivity index (χ3n) is 5.56. The summed E-state index contributed by atoms with van der Waals surface area (Å²) in [4.78, 5) is 40.8. The van der Waals surface area contributed by atoms with E-state index < -0.39 is 39.5 Å². The van der Waals surface area contributed by atoms with Crippen molar-refractivity contribution in [1.29, 1.82) is 0 Å². The zero-order valence-corrected chi connectivity index (χ0v) is 19.8. The maximum Gasteiger partial charge on any atom is 0.295 e. The van der Waals surface area contributed by atoms with Gasteiger partial charge in [0.25, 0.3) is 5.91 Å². The molecule has 0 bridgehead atoms. The van der Waals surface area contributed by atoms with Crippen molar-refractivity contribution in [3.8, 4) is 0 Å². The molecule has 1 amide bonds. The van der Waals surface area contributed by atoms with Crippen LogP contribution < -0.4 is 10.0 Å². The molecule has 33 heavy (non-hydrogen) atoms. The number of halogens is 1. The van der Waals surface area contributed by atoms with Crippen molar-refractivity contribution in [2.24, 2.45) is 11.1 Å². The van der Waals surface area contributed by atoms with Gasteiger partial charge in [-0.3, -0.25) is 19.3 Å². The molecule has 2 unspecified atom stereocenters. The number of carbonyl (C=O) groups is 3. The molecule has 168 valence electrons. The Bertz CT molecular complexity index is 1370. The lowest BCUT2D eigenvalue weighted by atomic mass is 9.86. The molecule has 3 aromatic rings. The van der Waals surface area contributed by atoms with E-state index in [0.29, 0.717) is 11.1 Å². The SMILES string of the molecule is Cc1ccc(C(=O)C2C(=O)C(=O)N(c3ccc(S(N)(=O)=O)cc3)C2c2cccc(Br)c2)cc1. The van der Waals surface area contributed by atoms with E-state index in [1.807, 2.05) is 6.92 Å². The minimum Gasteiger partial charge on any atom is -0.297 e. The van der Waals surface area contributed by atoms with Gasteiger partial charge in [-0.05, 0) is 48.9 Å². The fourth-order valence-electron chi connectivity index (χ4n) is 3.94. The molecule has 1 saturated heterocycles. The number of aryl methyl sites for hydroxylation is 1. The summed E-state index contributed by atoms with van der Waals surface area (Å²) in [7, 11) is -3.93. The predicted octanol–water partition coefficient (Wildman–Crippen LogP) is 3.56. The summed E-state index contributed by atoms with van der Waals surface area (Å²) in [5, 5.41) is 5.17. The van der Waals surface area contributed by atoms with Crippen LogP contribution in [0.1, 0.15) is 27.5 Å². The molecule has 1 heterocycles. The van der Waals surface area contributed by atoms with Crippen LogP contribution in [0.5, 0.6) is 0 Å². The summed E-state index contributed by atoms with van der Waals surface area (Å²) in [6, 6.07) is 18.3. The summed E-state index contributed by atoms with van der Waals surface area (Å²) >= 11 is 3.40. The highest BCUT2D eigenvalue weighted by Gasteiger charge is 2.52. The van der Waals surface area contributed by atoms with Crippen LogP contribution in [0.25, 0.3) is 0 Å². The van der Waals surface area contributed by atoms with E-state index in [1.54, 1.807) is 48.5 Å². The number of nitrogens with two attached hydrogens (primary N) is 1. The molecule has 1 aliphatic rings. The number of rotatable bonds is 5. The highest BCUT2D eigenvalue weighted by atomic mass is 79.9. The van der Waals surface area contributed by atoms with Crippen molar-refractivity contribution >= 4 is 49.1 Å². The largest absolute Gasteiger partial charge is 0.297 e. The number of carbonyl (C=O) groups excluding carboxylic acids is 3. The van der Waals surface area contributed by atoms with E-state index in [2.05, 4.69) is 15.9 Å². The summed E-state index contributed by atoms with van der Waals surface area (Å²) in [6.07, 6.45) is 0. The molecule has 9 heteroatoms. The predicted molar refractivity (Wildman–Crippen MR) is 126 cm³/mol. The topological polar surface area (TPSA) is 115 Å². The Labute approximate surface area is 199 Å². The van der Waals surface area contributed by atoms with E-state index in [9.17, 15) is 22.8 Å². The number of benzene rings is 3. The summed E-state index contributed by atoms with van der Waals surface area (Å²) < 4.78 is 24.0. The lowest BCUT2D eigenvalue weighted by Crippen LogP contribution is -2.30. The first-order valence-corrected chi connectivity index (χ1v) is 12.3. The molecule has 4 rings (SSSR count). The van der Waals surface area contributed by atoms with Crippen LogP contribution in [0.15, 0.2) is 82.2 Å². The molecule has 1 fully saturated rings. The summed E-state index contributed by atoms with van der Waals surface area (Å²) in [5.41, 5.74) is 2.16. The first-order valence-electron chi connectivity index (χ1n) is 9.94. The number of ketones is 2. The molecule has 7 nitrogen and oxygen atoms in total.